The Kier molecular flexibility index (Phi) is 4.44. The summed E-state index contributed by atoms with van der Waals surface area (Å²) in [6.07, 6.45) is 6.82. The molecule has 2 aromatic heterocycles. The summed E-state index contributed by atoms with van der Waals surface area (Å²) in [5, 5.41) is 9.66. The minimum Gasteiger partial charge on any atom is -0.331 e. The van der Waals surface area contributed by atoms with Crippen molar-refractivity contribution in [2.24, 2.45) is 7.05 Å². The van der Waals surface area contributed by atoms with Gasteiger partial charge in [0, 0.05) is 24.2 Å². The maximum atomic E-state index is 12.0. The molecule has 0 saturated carbocycles. The Morgan fingerprint density at radius 3 is 2.36 bits per heavy atom. The van der Waals surface area contributed by atoms with E-state index in [2.05, 4.69) is 25.7 Å². The van der Waals surface area contributed by atoms with Crippen LogP contribution in [-0.2, 0) is 12.5 Å². The highest BCUT2D eigenvalue weighted by Crippen LogP contribution is 2.18. The largest absolute Gasteiger partial charge is 0.331 e. The maximum Gasteiger partial charge on any atom is 0.319 e. The third-order valence-electron chi connectivity index (χ3n) is 3.15. The SMILES string of the molecule is C[C@@H](NC(=O)Nc1cnc(C(C)(C)C)nc1)c1cnn(C)c1. The van der Waals surface area contributed by atoms with Crippen molar-refractivity contribution in [2.45, 2.75) is 39.2 Å². The van der Waals surface area contributed by atoms with Crippen molar-refractivity contribution < 1.29 is 4.79 Å². The lowest BCUT2D eigenvalue weighted by atomic mass is 9.96. The van der Waals surface area contributed by atoms with Crippen LogP contribution in [0.15, 0.2) is 24.8 Å². The van der Waals surface area contributed by atoms with Gasteiger partial charge in [-0.2, -0.15) is 5.10 Å². The van der Waals surface area contributed by atoms with Crippen LogP contribution in [0.2, 0.25) is 0 Å². The molecule has 0 radical (unpaired) electrons. The minimum absolute atomic E-state index is 0.115. The molecule has 0 aliphatic heterocycles. The van der Waals surface area contributed by atoms with Crippen LogP contribution in [0.4, 0.5) is 10.5 Å². The third kappa shape index (κ3) is 4.03. The van der Waals surface area contributed by atoms with Crippen molar-refractivity contribution in [3.05, 3.63) is 36.2 Å². The van der Waals surface area contributed by atoms with Gasteiger partial charge in [0.15, 0.2) is 0 Å². The van der Waals surface area contributed by atoms with Crippen LogP contribution in [0.3, 0.4) is 0 Å². The highest BCUT2D eigenvalue weighted by molar-refractivity contribution is 5.89. The minimum atomic E-state index is -0.302. The highest BCUT2D eigenvalue weighted by atomic mass is 16.2. The number of carbonyl (C=O) groups is 1. The Bertz CT molecular complexity index is 641. The van der Waals surface area contributed by atoms with E-state index in [1.165, 1.54) is 0 Å². The average molecular weight is 302 g/mol. The van der Waals surface area contributed by atoms with Crippen molar-refractivity contribution in [3.8, 4) is 0 Å². The predicted molar refractivity (Wildman–Crippen MR) is 84.5 cm³/mol. The second-order valence-corrected chi connectivity index (χ2v) is 6.31. The molecule has 0 saturated heterocycles. The molecule has 7 nitrogen and oxygen atoms in total. The van der Waals surface area contributed by atoms with E-state index in [0.717, 1.165) is 11.4 Å². The van der Waals surface area contributed by atoms with Gasteiger partial charge >= 0.3 is 6.03 Å². The molecule has 0 aromatic carbocycles. The lowest BCUT2D eigenvalue weighted by Gasteiger charge is -2.16. The molecule has 1 atom stereocenters. The zero-order chi connectivity index (χ0) is 16.3. The van der Waals surface area contributed by atoms with Gasteiger partial charge in [-0.3, -0.25) is 4.68 Å². The highest BCUT2D eigenvalue weighted by Gasteiger charge is 2.17. The monoisotopic (exact) mass is 302 g/mol. The van der Waals surface area contributed by atoms with Crippen molar-refractivity contribution >= 4 is 11.7 Å². The molecule has 0 aliphatic rings. The van der Waals surface area contributed by atoms with E-state index in [-0.39, 0.29) is 17.5 Å². The maximum absolute atomic E-state index is 12.0. The van der Waals surface area contributed by atoms with Crippen LogP contribution in [0.5, 0.6) is 0 Å². The molecule has 2 aromatic rings. The molecule has 0 spiro atoms. The Morgan fingerprint density at radius 2 is 1.86 bits per heavy atom. The zero-order valence-electron chi connectivity index (χ0n) is 13.6. The van der Waals surface area contributed by atoms with Crippen LogP contribution < -0.4 is 10.6 Å². The van der Waals surface area contributed by atoms with Gasteiger partial charge in [-0.25, -0.2) is 14.8 Å². The number of rotatable bonds is 3. The molecule has 2 rings (SSSR count). The second-order valence-electron chi connectivity index (χ2n) is 6.31. The molecular formula is C15H22N6O. The van der Waals surface area contributed by atoms with Gasteiger partial charge in [0.05, 0.1) is 30.3 Å². The summed E-state index contributed by atoms with van der Waals surface area (Å²) < 4.78 is 1.70. The Labute approximate surface area is 130 Å². The third-order valence-corrected chi connectivity index (χ3v) is 3.15. The van der Waals surface area contributed by atoms with E-state index in [1.807, 2.05) is 40.9 Å². The standard InChI is InChI=1S/C15H22N6O/c1-10(11-6-18-21(5)9-11)19-14(22)20-12-7-16-13(17-8-12)15(2,3)4/h6-10H,1-5H3,(H2,19,20,22)/t10-/m1/s1. The van der Waals surface area contributed by atoms with Gasteiger partial charge in [-0.05, 0) is 6.92 Å². The molecule has 7 heteroatoms. The molecule has 2 N–H and O–H groups in total. The first-order chi connectivity index (χ1) is 10.3. The average Bonchev–Trinajstić information content (AvgIpc) is 2.85. The van der Waals surface area contributed by atoms with Crippen LogP contribution in [0.25, 0.3) is 0 Å². The number of aryl methyl sites for hydroxylation is 1. The summed E-state index contributed by atoms with van der Waals surface area (Å²) >= 11 is 0. The van der Waals surface area contributed by atoms with Crippen molar-refractivity contribution in [1.82, 2.24) is 25.1 Å². The summed E-state index contributed by atoms with van der Waals surface area (Å²) in [7, 11) is 1.84. The summed E-state index contributed by atoms with van der Waals surface area (Å²) in [4.78, 5) is 20.5. The van der Waals surface area contributed by atoms with Crippen LogP contribution in [0.1, 0.15) is 45.1 Å². The summed E-state index contributed by atoms with van der Waals surface area (Å²) in [5.74, 6) is 0.738. The molecule has 0 aliphatic carbocycles. The number of amides is 2. The van der Waals surface area contributed by atoms with E-state index in [0.29, 0.717) is 5.69 Å². The fourth-order valence-corrected chi connectivity index (χ4v) is 1.89. The van der Waals surface area contributed by atoms with E-state index in [9.17, 15) is 4.79 Å². The number of nitrogens with one attached hydrogen (secondary N) is 2. The Morgan fingerprint density at radius 1 is 1.23 bits per heavy atom. The fourth-order valence-electron chi connectivity index (χ4n) is 1.89. The topological polar surface area (TPSA) is 84.7 Å². The number of anilines is 1. The number of urea groups is 1. The van der Waals surface area contributed by atoms with E-state index < -0.39 is 0 Å². The first-order valence-corrected chi connectivity index (χ1v) is 7.14. The van der Waals surface area contributed by atoms with E-state index in [4.69, 9.17) is 0 Å². The number of hydrogen-bond donors (Lipinski definition) is 2. The van der Waals surface area contributed by atoms with Gasteiger partial charge in [0.2, 0.25) is 0 Å². The Hall–Kier alpha value is -2.44. The van der Waals surface area contributed by atoms with Gasteiger partial charge in [0.1, 0.15) is 5.82 Å². The van der Waals surface area contributed by atoms with Gasteiger partial charge in [-0.15, -0.1) is 0 Å². The number of aromatic nitrogens is 4. The van der Waals surface area contributed by atoms with Crippen molar-refractivity contribution in [2.75, 3.05) is 5.32 Å². The Balaban J connectivity index is 1.94. The summed E-state index contributed by atoms with van der Waals surface area (Å²) in [5.41, 5.74) is 1.39. The molecule has 2 heterocycles. The predicted octanol–water partition coefficient (Wildman–Crippen LogP) is 2.39. The number of carbonyl (C=O) groups excluding carboxylic acids is 1. The smallest absolute Gasteiger partial charge is 0.319 e. The van der Waals surface area contributed by atoms with Gasteiger partial charge in [0.25, 0.3) is 0 Å². The quantitative estimate of drug-likeness (QED) is 0.911. The first-order valence-electron chi connectivity index (χ1n) is 7.14. The lowest BCUT2D eigenvalue weighted by molar-refractivity contribution is 0.249. The van der Waals surface area contributed by atoms with Crippen molar-refractivity contribution in [3.63, 3.8) is 0 Å². The molecular weight excluding hydrogens is 280 g/mol. The van der Waals surface area contributed by atoms with E-state index >= 15 is 0 Å². The van der Waals surface area contributed by atoms with Crippen LogP contribution in [-0.4, -0.2) is 25.8 Å². The summed E-state index contributed by atoms with van der Waals surface area (Å²) in [6, 6.07) is -0.438. The van der Waals surface area contributed by atoms with Gasteiger partial charge in [-0.1, -0.05) is 20.8 Å². The van der Waals surface area contributed by atoms with Gasteiger partial charge < -0.3 is 10.6 Å². The number of hydrogen-bond acceptors (Lipinski definition) is 4. The lowest BCUT2D eigenvalue weighted by Crippen LogP contribution is -2.31. The normalized spacial score (nSPS) is 12.8. The number of nitrogens with zero attached hydrogens (tertiary/aromatic N) is 4. The molecule has 22 heavy (non-hydrogen) atoms. The zero-order valence-corrected chi connectivity index (χ0v) is 13.6. The molecule has 2 amide bonds. The second kappa shape index (κ2) is 6.13. The van der Waals surface area contributed by atoms with E-state index in [1.54, 1.807) is 23.3 Å². The van der Waals surface area contributed by atoms with Crippen molar-refractivity contribution in [1.29, 1.82) is 0 Å². The molecule has 118 valence electrons. The first kappa shape index (κ1) is 15.9. The van der Waals surface area contributed by atoms with Crippen LogP contribution >= 0.6 is 0 Å². The summed E-state index contributed by atoms with van der Waals surface area (Å²) in [6.45, 7) is 8.02. The molecule has 0 fully saturated rings. The fraction of sp³-hybridized carbons (Fsp3) is 0.467. The molecule has 0 unspecified atom stereocenters. The van der Waals surface area contributed by atoms with Crippen LogP contribution in [0, 0.1) is 0 Å². The molecule has 0 bridgehead atoms.